The zero-order chi connectivity index (χ0) is 11.4. The molecule has 2 aliphatic rings. The van der Waals surface area contributed by atoms with E-state index >= 15 is 0 Å². The van der Waals surface area contributed by atoms with Gasteiger partial charge in [0, 0.05) is 17.8 Å². The van der Waals surface area contributed by atoms with Crippen LogP contribution in [0.25, 0.3) is 0 Å². The first-order chi connectivity index (χ1) is 7.79. The van der Waals surface area contributed by atoms with Gasteiger partial charge in [0.15, 0.2) is 5.78 Å². The minimum atomic E-state index is 0.0341. The summed E-state index contributed by atoms with van der Waals surface area (Å²) < 4.78 is 0. The van der Waals surface area contributed by atoms with Gasteiger partial charge < -0.3 is 5.32 Å². The van der Waals surface area contributed by atoms with Gasteiger partial charge in [-0.25, -0.2) is 0 Å². The van der Waals surface area contributed by atoms with Crippen LogP contribution in [-0.2, 0) is 4.79 Å². The van der Waals surface area contributed by atoms with Crippen LogP contribution in [0, 0.1) is 5.92 Å². The first kappa shape index (κ1) is 12.0. The zero-order valence-electron chi connectivity index (χ0n) is 9.68. The lowest BCUT2D eigenvalue weighted by molar-refractivity contribution is -0.112. The molecule has 90 valence electrons. The van der Waals surface area contributed by atoms with E-state index in [1.54, 1.807) is 6.08 Å². The molecule has 0 unspecified atom stereocenters. The van der Waals surface area contributed by atoms with Crippen molar-refractivity contribution in [2.24, 2.45) is 5.92 Å². The van der Waals surface area contributed by atoms with E-state index in [0.717, 1.165) is 5.70 Å². The van der Waals surface area contributed by atoms with Crippen LogP contribution in [0.15, 0.2) is 11.8 Å². The summed E-state index contributed by atoms with van der Waals surface area (Å²) >= 11 is 5.54. The van der Waals surface area contributed by atoms with Crippen molar-refractivity contribution in [2.45, 2.75) is 51.0 Å². The number of ketones is 1. The van der Waals surface area contributed by atoms with E-state index in [-0.39, 0.29) is 11.7 Å². The smallest absolute Gasteiger partial charge is 0.172 e. The van der Waals surface area contributed by atoms with Crippen molar-refractivity contribution < 1.29 is 4.79 Å². The molecule has 0 bridgehead atoms. The third-order valence-corrected chi connectivity index (χ3v) is 3.70. The lowest BCUT2D eigenvalue weighted by Crippen LogP contribution is -2.31. The molecule has 16 heavy (non-hydrogen) atoms. The molecule has 2 saturated carbocycles. The summed E-state index contributed by atoms with van der Waals surface area (Å²) in [4.78, 5) is 11.3. The van der Waals surface area contributed by atoms with Gasteiger partial charge in [0.05, 0.1) is 5.88 Å². The topological polar surface area (TPSA) is 29.1 Å². The van der Waals surface area contributed by atoms with E-state index in [0.29, 0.717) is 12.0 Å². The number of hydrogen-bond donors (Lipinski definition) is 1. The highest BCUT2D eigenvalue weighted by Crippen LogP contribution is 2.36. The second-order valence-corrected chi connectivity index (χ2v) is 5.22. The molecule has 0 atom stereocenters. The third kappa shape index (κ3) is 3.51. The third-order valence-electron chi connectivity index (χ3n) is 3.44. The molecule has 1 N–H and O–H groups in total. The second-order valence-electron chi connectivity index (χ2n) is 4.95. The first-order valence-electron chi connectivity index (χ1n) is 6.36. The van der Waals surface area contributed by atoms with Crippen molar-refractivity contribution in [1.82, 2.24) is 5.32 Å². The normalized spacial score (nSPS) is 23.2. The predicted octanol–water partition coefficient (Wildman–Crippen LogP) is 3.01. The summed E-state index contributed by atoms with van der Waals surface area (Å²) in [6, 6.07) is 0.587. The fourth-order valence-electron chi connectivity index (χ4n) is 2.37. The Morgan fingerprint density at radius 3 is 2.44 bits per heavy atom. The number of nitrogens with one attached hydrogen (secondary N) is 1. The summed E-state index contributed by atoms with van der Waals surface area (Å²) in [5.41, 5.74) is 1.15. The molecule has 0 amide bonds. The molecule has 0 aliphatic heterocycles. The quantitative estimate of drug-likeness (QED) is 0.592. The molecule has 0 heterocycles. The number of halogens is 1. The number of hydrogen-bond acceptors (Lipinski definition) is 2. The van der Waals surface area contributed by atoms with Crippen LogP contribution in [0.4, 0.5) is 0 Å². The van der Waals surface area contributed by atoms with E-state index in [4.69, 9.17) is 11.6 Å². The number of carbonyl (C=O) groups is 1. The Kier molecular flexibility index (Phi) is 4.28. The Labute approximate surface area is 102 Å². The maximum atomic E-state index is 11.3. The summed E-state index contributed by atoms with van der Waals surface area (Å²) in [5.74, 6) is 0.740. The van der Waals surface area contributed by atoms with Crippen LogP contribution in [0.1, 0.15) is 44.9 Å². The van der Waals surface area contributed by atoms with Crippen LogP contribution in [0.3, 0.4) is 0 Å². The molecular weight excluding hydrogens is 222 g/mol. The highest BCUT2D eigenvalue weighted by Gasteiger charge is 2.28. The Hall–Kier alpha value is -0.500. The van der Waals surface area contributed by atoms with E-state index < -0.39 is 0 Å². The molecule has 0 aromatic heterocycles. The lowest BCUT2D eigenvalue weighted by Gasteiger charge is -2.25. The summed E-state index contributed by atoms with van der Waals surface area (Å²) in [6.45, 7) is 0. The maximum absolute atomic E-state index is 11.3. The molecular formula is C13H20ClNO. The van der Waals surface area contributed by atoms with Gasteiger partial charge in [0.25, 0.3) is 0 Å². The standard InChI is InChI=1S/C13H20ClNO/c14-9-12(16)8-13(10-6-7-10)15-11-4-2-1-3-5-11/h8,10-11,15H,1-7,9H2/b13-8-. The first-order valence-corrected chi connectivity index (χ1v) is 6.90. The second kappa shape index (κ2) is 5.72. The molecule has 0 radical (unpaired) electrons. The molecule has 3 heteroatoms. The number of carbonyl (C=O) groups excluding carboxylic acids is 1. The van der Waals surface area contributed by atoms with Crippen LogP contribution < -0.4 is 5.32 Å². The molecule has 0 spiro atoms. The highest BCUT2D eigenvalue weighted by atomic mass is 35.5. The van der Waals surface area contributed by atoms with Gasteiger partial charge in [-0.2, -0.15) is 0 Å². The Bertz CT molecular complexity index is 278. The van der Waals surface area contributed by atoms with Crippen LogP contribution in [-0.4, -0.2) is 17.7 Å². The molecule has 0 aromatic rings. The van der Waals surface area contributed by atoms with Crippen molar-refractivity contribution in [3.63, 3.8) is 0 Å². The summed E-state index contributed by atoms with van der Waals surface area (Å²) in [7, 11) is 0. The number of allylic oxidation sites excluding steroid dienone is 2. The molecule has 0 saturated heterocycles. The van der Waals surface area contributed by atoms with Crippen LogP contribution in [0.5, 0.6) is 0 Å². The highest BCUT2D eigenvalue weighted by molar-refractivity contribution is 6.29. The predicted molar refractivity (Wildman–Crippen MR) is 66.5 cm³/mol. The average Bonchev–Trinajstić information content (AvgIpc) is 3.13. The van der Waals surface area contributed by atoms with Crippen molar-refractivity contribution >= 4 is 17.4 Å². The minimum absolute atomic E-state index is 0.0341. The van der Waals surface area contributed by atoms with Crippen LogP contribution >= 0.6 is 11.6 Å². The van der Waals surface area contributed by atoms with E-state index in [9.17, 15) is 4.79 Å². The minimum Gasteiger partial charge on any atom is -0.385 e. The average molecular weight is 242 g/mol. The zero-order valence-corrected chi connectivity index (χ0v) is 10.4. The largest absolute Gasteiger partial charge is 0.385 e. The summed E-state index contributed by atoms with van der Waals surface area (Å²) in [6.07, 6.45) is 10.7. The lowest BCUT2D eigenvalue weighted by atomic mass is 9.95. The van der Waals surface area contributed by atoms with Gasteiger partial charge in [0.1, 0.15) is 0 Å². The van der Waals surface area contributed by atoms with Crippen molar-refractivity contribution in [2.75, 3.05) is 5.88 Å². The van der Waals surface area contributed by atoms with Gasteiger partial charge in [-0.15, -0.1) is 11.6 Å². The van der Waals surface area contributed by atoms with Gasteiger partial charge in [-0.1, -0.05) is 19.3 Å². The monoisotopic (exact) mass is 241 g/mol. The van der Waals surface area contributed by atoms with Crippen LogP contribution in [0.2, 0.25) is 0 Å². The SMILES string of the molecule is O=C(/C=C(\NC1CCCCC1)C1CC1)CCl. The molecule has 2 aliphatic carbocycles. The molecule has 2 rings (SSSR count). The van der Waals surface area contributed by atoms with Crippen molar-refractivity contribution in [3.8, 4) is 0 Å². The van der Waals surface area contributed by atoms with Crippen molar-refractivity contribution in [3.05, 3.63) is 11.8 Å². The summed E-state index contributed by atoms with van der Waals surface area (Å²) in [5, 5.41) is 3.56. The van der Waals surface area contributed by atoms with E-state index in [2.05, 4.69) is 5.32 Å². The maximum Gasteiger partial charge on any atom is 0.172 e. The Morgan fingerprint density at radius 1 is 1.19 bits per heavy atom. The molecule has 2 fully saturated rings. The van der Waals surface area contributed by atoms with Gasteiger partial charge in [-0.05, 0) is 31.6 Å². The van der Waals surface area contributed by atoms with Gasteiger partial charge in [-0.3, -0.25) is 4.79 Å². The van der Waals surface area contributed by atoms with Gasteiger partial charge >= 0.3 is 0 Å². The Balaban J connectivity index is 1.91. The van der Waals surface area contributed by atoms with E-state index in [1.165, 1.54) is 44.9 Å². The Morgan fingerprint density at radius 2 is 1.88 bits per heavy atom. The van der Waals surface area contributed by atoms with Crippen molar-refractivity contribution in [1.29, 1.82) is 0 Å². The molecule has 0 aromatic carbocycles. The molecule has 2 nitrogen and oxygen atoms in total. The fraction of sp³-hybridized carbons (Fsp3) is 0.769. The van der Waals surface area contributed by atoms with Gasteiger partial charge in [0.2, 0.25) is 0 Å². The number of rotatable bonds is 5. The number of alkyl halides is 1. The van der Waals surface area contributed by atoms with E-state index in [1.807, 2.05) is 0 Å². The fourth-order valence-corrected chi connectivity index (χ4v) is 2.44.